The first kappa shape index (κ1) is 35.5. The van der Waals surface area contributed by atoms with Gasteiger partial charge in [0.05, 0.1) is 6.61 Å². The third kappa shape index (κ3) is 26.6. The summed E-state index contributed by atoms with van der Waals surface area (Å²) in [7, 11) is -4.69. The Morgan fingerprint density at radius 1 is 0.694 bits per heavy atom. The second kappa shape index (κ2) is 24.8. The van der Waals surface area contributed by atoms with E-state index in [2.05, 4.69) is 18.4 Å². The van der Waals surface area contributed by atoms with E-state index in [1.807, 2.05) is 0 Å². The van der Waals surface area contributed by atoms with Crippen LogP contribution in [0.4, 0.5) is 0 Å². The molecule has 0 spiro atoms. The number of phosphoric ester groups is 1. The van der Waals surface area contributed by atoms with Crippen molar-refractivity contribution in [1.29, 1.82) is 0 Å². The average molecular weight is 539 g/mol. The minimum absolute atomic E-state index is 0.217. The van der Waals surface area contributed by atoms with Gasteiger partial charge in [-0.1, -0.05) is 117 Å². The van der Waals surface area contributed by atoms with Gasteiger partial charge in [0.25, 0.3) is 0 Å². The van der Waals surface area contributed by atoms with Gasteiger partial charge >= 0.3 is 13.8 Å². The molecule has 36 heavy (non-hydrogen) atoms. The Balaban J connectivity index is 4.07. The summed E-state index contributed by atoms with van der Waals surface area (Å²) in [6.45, 7) is 3.73. The largest absolute Gasteiger partial charge is 0.469 e. The lowest BCUT2D eigenvalue weighted by molar-refractivity contribution is -0.174. The van der Waals surface area contributed by atoms with Crippen molar-refractivity contribution >= 4 is 13.8 Å². The maximum atomic E-state index is 12.1. The first-order chi connectivity index (χ1) is 17.3. The first-order valence-electron chi connectivity index (χ1n) is 14.5. The Kier molecular flexibility index (Phi) is 24.5. The number of ether oxygens (including phenoxy) is 2. The molecule has 0 aromatic rings. The molecule has 0 aliphatic rings. The van der Waals surface area contributed by atoms with E-state index in [1.54, 1.807) is 0 Å². The number of hydrogen-bond acceptors (Lipinski definition) is 6. The Morgan fingerprint density at radius 3 is 1.61 bits per heavy atom. The molecule has 3 N–H and O–H groups in total. The van der Waals surface area contributed by atoms with E-state index in [4.69, 9.17) is 19.3 Å². The number of hydrogen-bond donors (Lipinski definition) is 3. The van der Waals surface area contributed by atoms with Gasteiger partial charge in [0.15, 0.2) is 6.29 Å². The fourth-order valence-electron chi connectivity index (χ4n) is 4.06. The third-order valence-electron chi connectivity index (χ3n) is 6.25. The van der Waals surface area contributed by atoms with Gasteiger partial charge in [0.2, 0.25) is 0 Å². The maximum absolute atomic E-state index is 12.1. The number of esters is 1. The number of unbranched alkanes of at least 4 members (excludes halogenated alkanes) is 16. The summed E-state index contributed by atoms with van der Waals surface area (Å²) in [5, 5.41) is 10.2. The Morgan fingerprint density at radius 2 is 1.14 bits per heavy atom. The third-order valence-corrected chi connectivity index (χ3v) is 6.73. The minimum atomic E-state index is -4.69. The summed E-state index contributed by atoms with van der Waals surface area (Å²) >= 11 is 0. The zero-order valence-corrected chi connectivity index (χ0v) is 23.9. The lowest BCUT2D eigenvalue weighted by Gasteiger charge is -2.21. The van der Waals surface area contributed by atoms with E-state index in [-0.39, 0.29) is 12.6 Å². The van der Waals surface area contributed by atoms with E-state index in [9.17, 15) is 14.5 Å². The van der Waals surface area contributed by atoms with Gasteiger partial charge in [-0.25, -0.2) is 4.57 Å². The molecule has 0 saturated heterocycles. The molecular formula is C27H55O8P. The summed E-state index contributed by atoms with van der Waals surface area (Å²) in [6, 6.07) is 0. The van der Waals surface area contributed by atoms with E-state index in [0.717, 1.165) is 38.5 Å². The molecule has 8 nitrogen and oxygen atoms in total. The second-order valence-corrected chi connectivity index (χ2v) is 11.1. The normalized spacial score (nSPS) is 13.6. The predicted molar refractivity (Wildman–Crippen MR) is 144 cm³/mol. The van der Waals surface area contributed by atoms with Crippen molar-refractivity contribution < 1.29 is 38.3 Å². The summed E-state index contributed by atoms with van der Waals surface area (Å²) < 4.78 is 26.3. The molecule has 0 aromatic carbocycles. The van der Waals surface area contributed by atoms with Crippen molar-refractivity contribution in [3.05, 3.63) is 0 Å². The van der Waals surface area contributed by atoms with Crippen LogP contribution in [0.2, 0.25) is 0 Å². The summed E-state index contributed by atoms with van der Waals surface area (Å²) in [5.41, 5.74) is 0. The SMILES string of the molecule is CCCCCCCCCCCC(=O)OCC(COP(=O)(O)O)OC(O)CCCCCCCCCCC. The van der Waals surface area contributed by atoms with E-state index >= 15 is 0 Å². The molecule has 0 amide bonds. The van der Waals surface area contributed by atoms with Gasteiger partial charge in [-0.05, 0) is 19.3 Å². The highest BCUT2D eigenvalue weighted by molar-refractivity contribution is 7.46. The first-order valence-corrected chi connectivity index (χ1v) is 16.0. The van der Waals surface area contributed by atoms with Crippen LogP contribution >= 0.6 is 7.82 Å². The number of carbonyl (C=O) groups is 1. The Hall–Kier alpha value is -0.500. The van der Waals surface area contributed by atoms with E-state index in [0.29, 0.717) is 12.8 Å². The standard InChI is InChI=1S/C27H55O8P/c1-3-5-7-9-11-13-15-17-19-21-26(28)33-23-25(24-34-36(30,31)32)35-27(29)22-20-18-16-14-12-10-8-6-4-2/h25,27,29H,3-24H2,1-2H3,(H2,30,31,32). The van der Waals surface area contributed by atoms with Crippen LogP contribution in [0.15, 0.2) is 0 Å². The second-order valence-electron chi connectivity index (χ2n) is 9.88. The molecule has 0 aliphatic carbocycles. The highest BCUT2D eigenvalue weighted by Crippen LogP contribution is 2.36. The fourth-order valence-corrected chi connectivity index (χ4v) is 4.43. The molecule has 0 heterocycles. The summed E-state index contributed by atoms with van der Waals surface area (Å²) in [6.07, 6.45) is 19.5. The van der Waals surface area contributed by atoms with Crippen LogP contribution in [0.25, 0.3) is 0 Å². The number of rotatable bonds is 27. The highest BCUT2D eigenvalue weighted by Gasteiger charge is 2.22. The number of aliphatic hydroxyl groups excluding tert-OH is 1. The van der Waals surface area contributed by atoms with Gasteiger partial charge in [-0.2, -0.15) is 0 Å². The lowest BCUT2D eigenvalue weighted by atomic mass is 10.1. The zero-order chi connectivity index (χ0) is 26.9. The van der Waals surface area contributed by atoms with Gasteiger partial charge < -0.3 is 24.4 Å². The molecule has 0 fully saturated rings. The zero-order valence-electron chi connectivity index (χ0n) is 23.0. The molecule has 0 rings (SSSR count). The van der Waals surface area contributed by atoms with Crippen molar-refractivity contribution in [3.8, 4) is 0 Å². The van der Waals surface area contributed by atoms with Gasteiger partial charge in [0.1, 0.15) is 12.7 Å². The fraction of sp³-hybridized carbons (Fsp3) is 0.963. The Labute approximate surface area is 220 Å². The molecule has 2 atom stereocenters. The van der Waals surface area contributed by atoms with Gasteiger partial charge in [-0.3, -0.25) is 9.32 Å². The monoisotopic (exact) mass is 538 g/mol. The molecule has 0 aliphatic heterocycles. The summed E-state index contributed by atoms with van der Waals surface area (Å²) in [5.74, 6) is -0.379. The molecule has 216 valence electrons. The van der Waals surface area contributed by atoms with Crippen molar-refractivity contribution in [2.45, 2.75) is 155 Å². The van der Waals surface area contributed by atoms with Crippen molar-refractivity contribution in [2.75, 3.05) is 13.2 Å². The molecule has 0 radical (unpaired) electrons. The lowest BCUT2D eigenvalue weighted by Crippen LogP contribution is -2.31. The predicted octanol–water partition coefficient (Wildman–Crippen LogP) is 7.18. The average Bonchev–Trinajstić information content (AvgIpc) is 2.83. The van der Waals surface area contributed by atoms with Crippen LogP contribution in [-0.2, 0) is 23.4 Å². The summed E-state index contributed by atoms with van der Waals surface area (Å²) in [4.78, 5) is 30.0. The number of phosphoric acid groups is 1. The van der Waals surface area contributed by atoms with Crippen molar-refractivity contribution in [2.24, 2.45) is 0 Å². The van der Waals surface area contributed by atoms with Gasteiger partial charge in [0, 0.05) is 6.42 Å². The maximum Gasteiger partial charge on any atom is 0.469 e. The van der Waals surface area contributed by atoms with Gasteiger partial charge in [-0.15, -0.1) is 0 Å². The topological polar surface area (TPSA) is 123 Å². The molecule has 0 aromatic heterocycles. The van der Waals surface area contributed by atoms with Crippen LogP contribution in [-0.4, -0.2) is 46.5 Å². The highest BCUT2D eigenvalue weighted by atomic mass is 31.2. The van der Waals surface area contributed by atoms with Crippen LogP contribution < -0.4 is 0 Å². The van der Waals surface area contributed by atoms with Crippen LogP contribution in [0.1, 0.15) is 142 Å². The smallest absolute Gasteiger partial charge is 0.463 e. The minimum Gasteiger partial charge on any atom is -0.463 e. The number of aliphatic hydroxyl groups is 1. The van der Waals surface area contributed by atoms with Crippen molar-refractivity contribution in [1.82, 2.24) is 0 Å². The van der Waals surface area contributed by atoms with Crippen molar-refractivity contribution in [3.63, 3.8) is 0 Å². The molecule has 0 bridgehead atoms. The molecule has 2 unspecified atom stereocenters. The molecular weight excluding hydrogens is 483 g/mol. The van der Waals surface area contributed by atoms with Crippen LogP contribution in [0, 0.1) is 0 Å². The molecule has 0 saturated carbocycles. The quantitative estimate of drug-likeness (QED) is 0.0435. The number of carbonyl (C=O) groups excluding carboxylic acids is 1. The van der Waals surface area contributed by atoms with E-state index in [1.165, 1.54) is 77.0 Å². The molecule has 9 heteroatoms. The van der Waals surface area contributed by atoms with Crippen LogP contribution in [0.5, 0.6) is 0 Å². The Bertz CT molecular complexity index is 540. The van der Waals surface area contributed by atoms with E-state index < -0.39 is 26.8 Å². The van der Waals surface area contributed by atoms with Crippen LogP contribution in [0.3, 0.4) is 0 Å².